The molecule has 1 aliphatic heterocycles. The van der Waals surface area contributed by atoms with Gasteiger partial charge in [0.05, 0.1) is 5.69 Å². The highest BCUT2D eigenvalue weighted by molar-refractivity contribution is 5.63. The minimum absolute atomic E-state index is 0.114. The molecule has 26 heavy (non-hydrogen) atoms. The SMILES string of the molecule is C=C[C@@]1(OCC)C[C@H](c2ccccc2)Oc2c1ccn1c(C)c(C)nc21. The van der Waals surface area contributed by atoms with Crippen LogP contribution in [0.2, 0.25) is 0 Å². The van der Waals surface area contributed by atoms with Crippen LogP contribution in [0.3, 0.4) is 0 Å². The van der Waals surface area contributed by atoms with Crippen LogP contribution in [0.5, 0.6) is 5.75 Å². The van der Waals surface area contributed by atoms with Gasteiger partial charge in [0.15, 0.2) is 11.4 Å². The zero-order valence-electron chi connectivity index (χ0n) is 15.5. The second kappa shape index (κ2) is 6.29. The molecule has 1 aliphatic rings. The number of rotatable bonds is 4. The Morgan fingerprint density at radius 3 is 2.77 bits per heavy atom. The Hall–Kier alpha value is -2.59. The van der Waals surface area contributed by atoms with Crippen LogP contribution in [-0.2, 0) is 10.3 Å². The molecule has 134 valence electrons. The Bertz CT molecular complexity index is 961. The van der Waals surface area contributed by atoms with E-state index in [0.717, 1.165) is 33.9 Å². The molecule has 2 aromatic heterocycles. The van der Waals surface area contributed by atoms with E-state index in [2.05, 4.69) is 36.1 Å². The highest BCUT2D eigenvalue weighted by Crippen LogP contribution is 2.49. The number of fused-ring (bicyclic) bond motifs is 3. The van der Waals surface area contributed by atoms with Gasteiger partial charge in [0, 0.05) is 30.5 Å². The maximum Gasteiger partial charge on any atom is 0.180 e. The van der Waals surface area contributed by atoms with Crippen molar-refractivity contribution in [1.29, 1.82) is 0 Å². The first-order valence-electron chi connectivity index (χ1n) is 9.07. The van der Waals surface area contributed by atoms with Crippen molar-refractivity contribution in [3.05, 3.63) is 77.8 Å². The molecule has 4 heteroatoms. The fourth-order valence-electron chi connectivity index (χ4n) is 3.83. The monoisotopic (exact) mass is 348 g/mol. The molecule has 0 unspecified atom stereocenters. The second-order valence-electron chi connectivity index (χ2n) is 6.78. The lowest BCUT2D eigenvalue weighted by molar-refractivity contribution is -0.0523. The van der Waals surface area contributed by atoms with Gasteiger partial charge in [-0.25, -0.2) is 4.98 Å². The van der Waals surface area contributed by atoms with Crippen molar-refractivity contribution in [2.75, 3.05) is 6.61 Å². The Morgan fingerprint density at radius 2 is 2.08 bits per heavy atom. The first-order valence-corrected chi connectivity index (χ1v) is 9.07. The normalized spacial score (nSPS) is 22.0. The molecule has 0 saturated carbocycles. The lowest BCUT2D eigenvalue weighted by Crippen LogP contribution is -2.36. The van der Waals surface area contributed by atoms with Gasteiger partial charge in [-0.15, -0.1) is 0 Å². The Balaban J connectivity index is 1.95. The molecule has 0 saturated heterocycles. The topological polar surface area (TPSA) is 35.8 Å². The first-order chi connectivity index (χ1) is 12.6. The van der Waals surface area contributed by atoms with Gasteiger partial charge in [-0.2, -0.15) is 0 Å². The largest absolute Gasteiger partial charge is 0.481 e. The third-order valence-electron chi connectivity index (χ3n) is 5.33. The van der Waals surface area contributed by atoms with Crippen molar-refractivity contribution in [3.63, 3.8) is 0 Å². The molecular formula is C22H24N2O2. The fraction of sp³-hybridized carbons (Fsp3) is 0.318. The molecule has 0 N–H and O–H groups in total. The van der Waals surface area contributed by atoms with Gasteiger partial charge in [0.2, 0.25) is 0 Å². The highest BCUT2D eigenvalue weighted by atomic mass is 16.5. The molecule has 0 fully saturated rings. The summed E-state index contributed by atoms with van der Waals surface area (Å²) in [4.78, 5) is 4.76. The zero-order valence-corrected chi connectivity index (χ0v) is 15.5. The predicted octanol–water partition coefficient (Wildman–Crippen LogP) is 4.89. The molecule has 0 aliphatic carbocycles. The number of hydrogen-bond donors (Lipinski definition) is 0. The molecule has 3 aromatic rings. The van der Waals surface area contributed by atoms with Gasteiger partial charge < -0.3 is 13.9 Å². The Labute approximate surface area is 154 Å². The number of pyridine rings is 1. The first kappa shape index (κ1) is 16.9. The van der Waals surface area contributed by atoms with Crippen molar-refractivity contribution in [1.82, 2.24) is 9.38 Å². The number of ether oxygens (including phenoxy) is 2. The number of aromatic nitrogens is 2. The van der Waals surface area contributed by atoms with Gasteiger partial charge in [0.1, 0.15) is 11.7 Å². The molecule has 0 spiro atoms. The quantitative estimate of drug-likeness (QED) is 0.630. The average Bonchev–Trinajstić information content (AvgIpc) is 2.97. The van der Waals surface area contributed by atoms with E-state index in [1.807, 2.05) is 44.3 Å². The van der Waals surface area contributed by atoms with Crippen molar-refractivity contribution in [3.8, 4) is 5.75 Å². The van der Waals surface area contributed by atoms with E-state index in [4.69, 9.17) is 14.5 Å². The van der Waals surface area contributed by atoms with Gasteiger partial charge in [-0.05, 0) is 32.4 Å². The van der Waals surface area contributed by atoms with E-state index in [1.54, 1.807) is 0 Å². The summed E-state index contributed by atoms with van der Waals surface area (Å²) in [6, 6.07) is 12.4. The van der Waals surface area contributed by atoms with Gasteiger partial charge in [0.25, 0.3) is 0 Å². The molecular weight excluding hydrogens is 324 g/mol. The van der Waals surface area contributed by atoms with E-state index in [1.165, 1.54) is 0 Å². The third kappa shape index (κ3) is 2.44. The summed E-state index contributed by atoms with van der Waals surface area (Å²) in [6.07, 6.45) is 4.53. The van der Waals surface area contributed by atoms with Crippen LogP contribution in [0, 0.1) is 13.8 Å². The summed E-state index contributed by atoms with van der Waals surface area (Å²) in [6.45, 7) is 10.8. The van der Waals surface area contributed by atoms with Gasteiger partial charge in [-0.1, -0.05) is 43.0 Å². The minimum Gasteiger partial charge on any atom is -0.481 e. The van der Waals surface area contributed by atoms with E-state index >= 15 is 0 Å². The van der Waals surface area contributed by atoms with Crippen molar-refractivity contribution < 1.29 is 9.47 Å². The van der Waals surface area contributed by atoms with Crippen molar-refractivity contribution in [2.45, 2.75) is 38.9 Å². The maximum absolute atomic E-state index is 6.49. The van der Waals surface area contributed by atoms with Crippen LogP contribution in [0.15, 0.2) is 55.3 Å². The number of nitrogens with zero attached hydrogens (tertiary/aromatic N) is 2. The van der Waals surface area contributed by atoms with E-state index in [0.29, 0.717) is 13.0 Å². The molecule has 2 atom stereocenters. The van der Waals surface area contributed by atoms with Crippen molar-refractivity contribution in [2.24, 2.45) is 0 Å². The smallest absolute Gasteiger partial charge is 0.180 e. The van der Waals surface area contributed by atoms with Gasteiger partial charge >= 0.3 is 0 Å². The predicted molar refractivity (Wildman–Crippen MR) is 103 cm³/mol. The van der Waals surface area contributed by atoms with E-state index in [9.17, 15) is 0 Å². The highest BCUT2D eigenvalue weighted by Gasteiger charge is 2.42. The number of aryl methyl sites for hydroxylation is 2. The van der Waals surface area contributed by atoms with Crippen LogP contribution in [0.1, 0.15) is 42.0 Å². The molecule has 1 aromatic carbocycles. The van der Waals surface area contributed by atoms with Crippen LogP contribution in [0.4, 0.5) is 0 Å². The Morgan fingerprint density at radius 1 is 1.31 bits per heavy atom. The Kier molecular flexibility index (Phi) is 4.08. The summed E-state index contributed by atoms with van der Waals surface area (Å²) in [7, 11) is 0. The zero-order chi connectivity index (χ0) is 18.3. The molecule has 0 bridgehead atoms. The standard InChI is InChI=1S/C22H24N2O2/c1-5-22(25-6-2)14-19(17-10-8-7-9-11-17)26-20-18(22)12-13-24-16(4)15(3)23-21(20)24/h5,7-13,19H,1,6,14H2,2-4H3/t19-,22-/m1/s1. The molecule has 0 radical (unpaired) electrons. The number of benzene rings is 1. The molecule has 0 amide bonds. The lowest BCUT2D eigenvalue weighted by Gasteiger charge is -2.40. The van der Waals surface area contributed by atoms with Crippen LogP contribution in [-0.4, -0.2) is 16.0 Å². The molecule has 3 heterocycles. The van der Waals surface area contributed by atoms with E-state index < -0.39 is 5.60 Å². The summed E-state index contributed by atoms with van der Waals surface area (Å²) < 4.78 is 14.8. The fourth-order valence-corrected chi connectivity index (χ4v) is 3.83. The molecule has 4 nitrogen and oxygen atoms in total. The van der Waals surface area contributed by atoms with Crippen LogP contribution in [0.25, 0.3) is 5.65 Å². The number of imidazole rings is 1. The third-order valence-corrected chi connectivity index (χ3v) is 5.33. The van der Waals surface area contributed by atoms with Crippen molar-refractivity contribution >= 4 is 5.65 Å². The summed E-state index contributed by atoms with van der Waals surface area (Å²) in [5.74, 6) is 0.789. The van der Waals surface area contributed by atoms with E-state index in [-0.39, 0.29) is 6.10 Å². The maximum atomic E-state index is 6.49. The average molecular weight is 348 g/mol. The summed E-state index contributed by atoms with van der Waals surface area (Å²) in [5, 5.41) is 0. The van der Waals surface area contributed by atoms with Crippen LogP contribution < -0.4 is 4.74 Å². The number of hydrogen-bond acceptors (Lipinski definition) is 3. The summed E-state index contributed by atoms with van der Waals surface area (Å²) in [5.41, 5.74) is 4.51. The van der Waals surface area contributed by atoms with Crippen LogP contribution >= 0.6 is 0 Å². The lowest BCUT2D eigenvalue weighted by atomic mass is 9.83. The second-order valence-corrected chi connectivity index (χ2v) is 6.78. The summed E-state index contributed by atoms with van der Waals surface area (Å²) >= 11 is 0. The molecule has 4 rings (SSSR count). The van der Waals surface area contributed by atoms with Gasteiger partial charge in [-0.3, -0.25) is 0 Å². The minimum atomic E-state index is -0.585.